The smallest absolute Gasteiger partial charge is 0.271 e. The van der Waals surface area contributed by atoms with Gasteiger partial charge in [-0.1, -0.05) is 12.1 Å². The van der Waals surface area contributed by atoms with Crippen LogP contribution in [0.15, 0.2) is 46.4 Å². The average Bonchev–Trinajstić information content (AvgIpc) is 3.32. The van der Waals surface area contributed by atoms with Crippen LogP contribution in [0, 0.1) is 0 Å². The van der Waals surface area contributed by atoms with E-state index in [-0.39, 0.29) is 17.9 Å². The molecule has 0 aliphatic carbocycles. The van der Waals surface area contributed by atoms with Crippen molar-refractivity contribution in [1.82, 2.24) is 10.3 Å². The van der Waals surface area contributed by atoms with Gasteiger partial charge in [0.25, 0.3) is 5.91 Å². The summed E-state index contributed by atoms with van der Waals surface area (Å²) in [7, 11) is 0. The van der Waals surface area contributed by atoms with Crippen LogP contribution in [-0.2, 0) is 11.2 Å². The maximum Gasteiger partial charge on any atom is 0.271 e. The number of carbonyl (C=O) groups is 2. The number of fused-ring (bicyclic) bond motifs is 1. The summed E-state index contributed by atoms with van der Waals surface area (Å²) in [5.74, 6) is 0.471. The van der Waals surface area contributed by atoms with Gasteiger partial charge >= 0.3 is 0 Å². The summed E-state index contributed by atoms with van der Waals surface area (Å²) in [6.07, 6.45) is 2.79. The molecule has 3 aromatic rings. The van der Waals surface area contributed by atoms with Gasteiger partial charge in [-0.2, -0.15) is 0 Å². The molecule has 26 heavy (non-hydrogen) atoms. The lowest BCUT2D eigenvalue weighted by molar-refractivity contribution is -0.116. The Kier molecular flexibility index (Phi) is 4.30. The first-order chi connectivity index (χ1) is 12.6. The minimum Gasteiger partial charge on any atom is -0.462 e. The molecule has 0 fully saturated rings. The van der Waals surface area contributed by atoms with Crippen LogP contribution >= 0.6 is 11.3 Å². The molecule has 7 heteroatoms. The number of nitrogens with zero attached hydrogens (tertiary/aromatic N) is 1. The van der Waals surface area contributed by atoms with Gasteiger partial charge in [0.05, 0.1) is 12.3 Å². The van der Waals surface area contributed by atoms with Crippen LogP contribution < -0.4 is 10.6 Å². The molecule has 1 aliphatic rings. The van der Waals surface area contributed by atoms with Crippen molar-refractivity contribution < 1.29 is 14.0 Å². The fraction of sp³-hybridized carbons (Fsp3) is 0.211. The molecule has 1 aromatic carbocycles. The maximum absolute atomic E-state index is 12.5. The van der Waals surface area contributed by atoms with Gasteiger partial charge in [-0.3, -0.25) is 9.59 Å². The monoisotopic (exact) mass is 367 g/mol. The molecular weight excluding hydrogens is 350 g/mol. The molecule has 0 radical (unpaired) electrons. The highest BCUT2D eigenvalue weighted by atomic mass is 32.1. The minimum absolute atomic E-state index is 0.0440. The van der Waals surface area contributed by atoms with Crippen LogP contribution in [-0.4, -0.2) is 16.8 Å². The second-order valence-electron chi connectivity index (χ2n) is 6.18. The molecule has 0 spiro atoms. The third kappa shape index (κ3) is 3.25. The van der Waals surface area contributed by atoms with Crippen LogP contribution in [0.25, 0.3) is 10.8 Å². The zero-order valence-corrected chi connectivity index (χ0v) is 14.9. The fourth-order valence-electron chi connectivity index (χ4n) is 2.92. The molecule has 1 aliphatic heterocycles. The zero-order valence-electron chi connectivity index (χ0n) is 14.1. The van der Waals surface area contributed by atoms with E-state index in [1.807, 2.05) is 31.2 Å². The van der Waals surface area contributed by atoms with Gasteiger partial charge in [-0.05, 0) is 42.7 Å². The van der Waals surface area contributed by atoms with E-state index in [4.69, 9.17) is 4.42 Å². The summed E-state index contributed by atoms with van der Waals surface area (Å²) in [6, 6.07) is 9.29. The highest BCUT2D eigenvalue weighted by Crippen LogP contribution is 2.27. The Labute approximate surface area is 154 Å². The van der Waals surface area contributed by atoms with E-state index in [1.165, 1.54) is 11.3 Å². The number of thiazole rings is 1. The Bertz CT molecular complexity index is 962. The molecule has 6 nitrogen and oxygen atoms in total. The number of amides is 2. The van der Waals surface area contributed by atoms with Crippen molar-refractivity contribution in [2.24, 2.45) is 0 Å². The highest BCUT2D eigenvalue weighted by molar-refractivity contribution is 7.13. The van der Waals surface area contributed by atoms with Gasteiger partial charge in [0.1, 0.15) is 5.69 Å². The summed E-state index contributed by atoms with van der Waals surface area (Å²) in [5, 5.41) is 8.24. The number of aromatic nitrogens is 1. The first kappa shape index (κ1) is 16.5. The summed E-state index contributed by atoms with van der Waals surface area (Å²) in [4.78, 5) is 28.3. The van der Waals surface area contributed by atoms with Gasteiger partial charge in [-0.25, -0.2) is 4.98 Å². The normalized spacial score (nSPS) is 14.4. The quantitative estimate of drug-likeness (QED) is 0.735. The lowest BCUT2D eigenvalue weighted by Gasteiger charge is -2.20. The van der Waals surface area contributed by atoms with Gasteiger partial charge in [0, 0.05) is 17.5 Å². The third-order valence-electron chi connectivity index (χ3n) is 4.34. The topological polar surface area (TPSA) is 84.2 Å². The average molecular weight is 367 g/mol. The molecule has 2 amide bonds. The van der Waals surface area contributed by atoms with E-state index in [0.717, 1.165) is 16.8 Å². The SMILES string of the molecule is C[C@H](NC(=O)c1csc(-c2ccco2)n1)c1ccc2c(c1)CCC(=O)N2. The minimum atomic E-state index is -0.224. The Balaban J connectivity index is 1.47. The molecule has 0 unspecified atom stereocenters. The second-order valence-corrected chi connectivity index (χ2v) is 7.03. The van der Waals surface area contributed by atoms with E-state index >= 15 is 0 Å². The van der Waals surface area contributed by atoms with Gasteiger partial charge in [-0.15, -0.1) is 11.3 Å². The van der Waals surface area contributed by atoms with Crippen molar-refractivity contribution in [1.29, 1.82) is 0 Å². The molecular formula is C19H17N3O3S. The van der Waals surface area contributed by atoms with Crippen molar-refractivity contribution in [2.75, 3.05) is 5.32 Å². The molecule has 2 aromatic heterocycles. The van der Waals surface area contributed by atoms with Gasteiger partial charge in [0.15, 0.2) is 10.8 Å². The van der Waals surface area contributed by atoms with Crippen LogP contribution in [0.2, 0.25) is 0 Å². The van der Waals surface area contributed by atoms with Crippen molar-refractivity contribution in [3.05, 3.63) is 58.8 Å². The van der Waals surface area contributed by atoms with Crippen molar-refractivity contribution in [3.63, 3.8) is 0 Å². The second kappa shape index (κ2) is 6.76. The number of hydrogen-bond donors (Lipinski definition) is 2. The molecule has 4 rings (SSSR count). The Morgan fingerprint density at radius 3 is 3.04 bits per heavy atom. The molecule has 0 saturated heterocycles. The van der Waals surface area contributed by atoms with Crippen LogP contribution in [0.1, 0.15) is 41.0 Å². The number of carbonyl (C=O) groups excluding carboxylic acids is 2. The van der Waals surface area contributed by atoms with Crippen molar-refractivity contribution >= 4 is 28.8 Å². The molecule has 1 atom stereocenters. The molecule has 0 bridgehead atoms. The van der Waals surface area contributed by atoms with Crippen LogP contribution in [0.5, 0.6) is 0 Å². The third-order valence-corrected chi connectivity index (χ3v) is 5.20. The van der Waals surface area contributed by atoms with E-state index in [2.05, 4.69) is 15.6 Å². The number of rotatable bonds is 4. The highest BCUT2D eigenvalue weighted by Gasteiger charge is 2.19. The van der Waals surface area contributed by atoms with Crippen LogP contribution in [0.3, 0.4) is 0 Å². The van der Waals surface area contributed by atoms with E-state index in [0.29, 0.717) is 29.3 Å². The van der Waals surface area contributed by atoms with Gasteiger partial charge < -0.3 is 15.1 Å². The Morgan fingerprint density at radius 2 is 2.23 bits per heavy atom. The Hall–Kier alpha value is -2.93. The lowest BCUT2D eigenvalue weighted by Crippen LogP contribution is -2.27. The molecule has 2 N–H and O–H groups in total. The predicted molar refractivity (Wildman–Crippen MR) is 99.1 cm³/mol. The molecule has 132 valence electrons. The van der Waals surface area contributed by atoms with Crippen molar-refractivity contribution in [3.8, 4) is 10.8 Å². The number of aryl methyl sites for hydroxylation is 1. The number of nitrogens with one attached hydrogen (secondary N) is 2. The summed E-state index contributed by atoms with van der Waals surface area (Å²) < 4.78 is 5.31. The first-order valence-corrected chi connectivity index (χ1v) is 9.21. The zero-order chi connectivity index (χ0) is 18.1. The number of furan rings is 1. The fourth-order valence-corrected chi connectivity index (χ4v) is 3.68. The lowest BCUT2D eigenvalue weighted by atomic mass is 9.98. The molecule has 3 heterocycles. The largest absolute Gasteiger partial charge is 0.462 e. The Morgan fingerprint density at radius 1 is 1.35 bits per heavy atom. The molecule has 0 saturated carbocycles. The number of hydrogen-bond acceptors (Lipinski definition) is 5. The van der Waals surface area contributed by atoms with E-state index in [1.54, 1.807) is 17.7 Å². The predicted octanol–water partition coefficient (Wildman–Crippen LogP) is 3.78. The van der Waals surface area contributed by atoms with Crippen molar-refractivity contribution in [2.45, 2.75) is 25.8 Å². The van der Waals surface area contributed by atoms with E-state index in [9.17, 15) is 9.59 Å². The number of benzene rings is 1. The summed E-state index contributed by atoms with van der Waals surface area (Å²) in [6.45, 7) is 1.93. The summed E-state index contributed by atoms with van der Waals surface area (Å²) >= 11 is 1.37. The summed E-state index contributed by atoms with van der Waals surface area (Å²) in [5.41, 5.74) is 3.32. The van der Waals surface area contributed by atoms with Gasteiger partial charge in [0.2, 0.25) is 5.91 Å². The first-order valence-electron chi connectivity index (χ1n) is 8.33. The van der Waals surface area contributed by atoms with E-state index < -0.39 is 0 Å². The maximum atomic E-state index is 12.5. The number of anilines is 1. The standard InChI is InChI=1S/C19H17N3O3S/c1-11(12-4-6-14-13(9-12)5-7-17(23)21-14)20-18(24)15-10-26-19(22-15)16-3-2-8-25-16/h2-4,6,8-11H,5,7H2,1H3,(H,20,24)(H,21,23)/t11-/m0/s1. The van der Waals surface area contributed by atoms with Crippen LogP contribution in [0.4, 0.5) is 5.69 Å².